The number of amides is 1. The number of hydrogen-bond acceptors (Lipinski definition) is 3. The fraction of sp³-hybridized carbons (Fsp3) is 0.938. The van der Waals surface area contributed by atoms with Crippen molar-refractivity contribution in [2.45, 2.75) is 77.0 Å². The maximum absolute atomic E-state index is 12.2. The van der Waals surface area contributed by atoms with Crippen LogP contribution in [-0.2, 0) is 9.53 Å². The highest BCUT2D eigenvalue weighted by molar-refractivity contribution is 5.81. The van der Waals surface area contributed by atoms with E-state index >= 15 is 0 Å². The van der Waals surface area contributed by atoms with Crippen molar-refractivity contribution >= 4 is 5.91 Å². The van der Waals surface area contributed by atoms with Gasteiger partial charge in [0.25, 0.3) is 0 Å². The van der Waals surface area contributed by atoms with E-state index in [1.807, 2.05) is 6.92 Å². The van der Waals surface area contributed by atoms with Gasteiger partial charge in [0.15, 0.2) is 0 Å². The summed E-state index contributed by atoms with van der Waals surface area (Å²) in [6.45, 7) is 5.89. The van der Waals surface area contributed by atoms with Crippen LogP contribution < -0.4 is 10.6 Å². The van der Waals surface area contributed by atoms with Crippen LogP contribution in [0.25, 0.3) is 0 Å². The molecule has 0 radical (unpaired) electrons. The average Bonchev–Trinajstić information content (AvgIpc) is 2.93. The van der Waals surface area contributed by atoms with E-state index < -0.39 is 0 Å². The van der Waals surface area contributed by atoms with E-state index in [0.717, 1.165) is 38.8 Å². The lowest BCUT2D eigenvalue weighted by Crippen LogP contribution is -2.48. The summed E-state index contributed by atoms with van der Waals surface area (Å²) >= 11 is 0. The smallest absolute Gasteiger partial charge is 0.237 e. The normalized spacial score (nSPS) is 29.3. The average molecular weight is 282 g/mol. The second-order valence-electron chi connectivity index (χ2n) is 6.34. The van der Waals surface area contributed by atoms with Gasteiger partial charge in [0.2, 0.25) is 5.91 Å². The maximum atomic E-state index is 12.2. The number of carbonyl (C=O) groups excluding carboxylic acids is 1. The first-order valence-electron chi connectivity index (χ1n) is 8.36. The molecule has 1 saturated carbocycles. The van der Waals surface area contributed by atoms with E-state index in [-0.39, 0.29) is 11.9 Å². The Morgan fingerprint density at radius 1 is 1.25 bits per heavy atom. The van der Waals surface area contributed by atoms with Crippen molar-refractivity contribution in [2.75, 3.05) is 13.2 Å². The first-order chi connectivity index (χ1) is 9.70. The molecule has 1 heterocycles. The minimum atomic E-state index is -0.102. The third-order valence-corrected chi connectivity index (χ3v) is 4.78. The lowest BCUT2D eigenvalue weighted by molar-refractivity contribution is -0.123. The molecule has 4 heteroatoms. The zero-order chi connectivity index (χ0) is 14.4. The van der Waals surface area contributed by atoms with Crippen LogP contribution in [0, 0.1) is 5.92 Å². The second-order valence-corrected chi connectivity index (χ2v) is 6.34. The fourth-order valence-corrected chi connectivity index (χ4v) is 3.37. The van der Waals surface area contributed by atoms with Gasteiger partial charge in [-0.3, -0.25) is 4.79 Å². The molecule has 1 amide bonds. The number of nitrogens with one attached hydrogen (secondary N) is 2. The van der Waals surface area contributed by atoms with Crippen molar-refractivity contribution < 1.29 is 9.53 Å². The molecule has 3 atom stereocenters. The second kappa shape index (κ2) is 7.99. The van der Waals surface area contributed by atoms with Gasteiger partial charge >= 0.3 is 0 Å². The predicted molar refractivity (Wildman–Crippen MR) is 80.6 cm³/mol. The summed E-state index contributed by atoms with van der Waals surface area (Å²) in [5, 5.41) is 6.57. The third kappa shape index (κ3) is 4.45. The van der Waals surface area contributed by atoms with Crippen LogP contribution in [0.15, 0.2) is 0 Å². The van der Waals surface area contributed by atoms with Crippen molar-refractivity contribution in [3.05, 3.63) is 0 Å². The Labute approximate surface area is 123 Å². The van der Waals surface area contributed by atoms with Crippen molar-refractivity contribution in [1.82, 2.24) is 10.6 Å². The molecule has 2 aliphatic rings. The molecule has 2 N–H and O–H groups in total. The monoisotopic (exact) mass is 282 g/mol. The molecule has 0 spiro atoms. The van der Waals surface area contributed by atoms with E-state index in [9.17, 15) is 4.79 Å². The number of carbonyl (C=O) groups is 1. The Balaban J connectivity index is 1.68. The minimum Gasteiger partial charge on any atom is -0.378 e. The molecule has 1 saturated heterocycles. The van der Waals surface area contributed by atoms with E-state index in [4.69, 9.17) is 4.74 Å². The molecular weight excluding hydrogens is 252 g/mol. The summed E-state index contributed by atoms with van der Waals surface area (Å²) in [7, 11) is 0. The molecule has 2 fully saturated rings. The Morgan fingerprint density at radius 3 is 2.70 bits per heavy atom. The van der Waals surface area contributed by atoms with Crippen LogP contribution in [0.4, 0.5) is 0 Å². The Bertz CT molecular complexity index is 303. The van der Waals surface area contributed by atoms with Gasteiger partial charge in [-0.2, -0.15) is 0 Å². The van der Waals surface area contributed by atoms with Gasteiger partial charge in [-0.25, -0.2) is 0 Å². The quantitative estimate of drug-likeness (QED) is 0.785. The molecule has 0 bridgehead atoms. The van der Waals surface area contributed by atoms with Gasteiger partial charge in [-0.15, -0.1) is 0 Å². The van der Waals surface area contributed by atoms with Crippen LogP contribution in [-0.4, -0.2) is 37.2 Å². The number of ether oxygens (including phenoxy) is 1. The largest absolute Gasteiger partial charge is 0.378 e. The van der Waals surface area contributed by atoms with E-state index in [1.54, 1.807) is 0 Å². The summed E-state index contributed by atoms with van der Waals surface area (Å²) in [5.41, 5.74) is 0. The van der Waals surface area contributed by atoms with Crippen molar-refractivity contribution in [3.63, 3.8) is 0 Å². The third-order valence-electron chi connectivity index (χ3n) is 4.78. The van der Waals surface area contributed by atoms with Crippen molar-refractivity contribution in [3.8, 4) is 0 Å². The van der Waals surface area contributed by atoms with Gasteiger partial charge in [0, 0.05) is 19.2 Å². The highest BCUT2D eigenvalue weighted by Gasteiger charge is 2.27. The molecule has 3 unspecified atom stereocenters. The minimum absolute atomic E-state index is 0.102. The van der Waals surface area contributed by atoms with Crippen LogP contribution in [0.2, 0.25) is 0 Å². The van der Waals surface area contributed by atoms with Gasteiger partial charge in [0.1, 0.15) is 0 Å². The topological polar surface area (TPSA) is 50.4 Å². The molecule has 0 aromatic carbocycles. The zero-order valence-corrected chi connectivity index (χ0v) is 13.0. The van der Waals surface area contributed by atoms with Crippen LogP contribution in [0.3, 0.4) is 0 Å². The van der Waals surface area contributed by atoms with E-state index in [2.05, 4.69) is 17.6 Å². The first kappa shape index (κ1) is 15.8. The summed E-state index contributed by atoms with van der Waals surface area (Å²) in [4.78, 5) is 12.2. The van der Waals surface area contributed by atoms with Gasteiger partial charge in [0.05, 0.1) is 12.1 Å². The summed E-state index contributed by atoms with van der Waals surface area (Å²) in [5.74, 6) is 0.716. The van der Waals surface area contributed by atoms with Crippen LogP contribution in [0.5, 0.6) is 0 Å². The van der Waals surface area contributed by atoms with Crippen molar-refractivity contribution in [2.24, 2.45) is 5.92 Å². The molecule has 20 heavy (non-hydrogen) atoms. The summed E-state index contributed by atoms with van der Waals surface area (Å²) < 4.78 is 5.69. The standard InChI is InChI=1S/C16H30N2O2/c1-3-15-13(9-10-20-15)11-17-12(2)16(19)18-14-7-5-4-6-8-14/h12-15,17H,3-11H2,1-2H3,(H,18,19). The Kier molecular flexibility index (Phi) is 6.30. The number of rotatable bonds is 6. The lowest BCUT2D eigenvalue weighted by Gasteiger charge is -2.25. The van der Waals surface area contributed by atoms with Gasteiger partial charge in [-0.05, 0) is 38.5 Å². The molecule has 116 valence electrons. The van der Waals surface area contributed by atoms with E-state index in [0.29, 0.717) is 18.1 Å². The molecule has 1 aliphatic heterocycles. The Hall–Kier alpha value is -0.610. The number of hydrogen-bond donors (Lipinski definition) is 2. The molecular formula is C16H30N2O2. The zero-order valence-electron chi connectivity index (χ0n) is 13.0. The van der Waals surface area contributed by atoms with Gasteiger partial charge in [-0.1, -0.05) is 26.2 Å². The lowest BCUT2D eigenvalue weighted by atomic mass is 9.95. The SMILES string of the molecule is CCC1OCCC1CNC(C)C(=O)NC1CCCCC1. The first-order valence-corrected chi connectivity index (χ1v) is 8.36. The molecule has 2 rings (SSSR count). The molecule has 0 aromatic heterocycles. The van der Waals surface area contributed by atoms with Crippen LogP contribution in [0.1, 0.15) is 58.8 Å². The fourth-order valence-electron chi connectivity index (χ4n) is 3.37. The Morgan fingerprint density at radius 2 is 2.00 bits per heavy atom. The predicted octanol–water partition coefficient (Wildman–Crippen LogP) is 2.23. The highest BCUT2D eigenvalue weighted by atomic mass is 16.5. The van der Waals surface area contributed by atoms with Crippen LogP contribution >= 0.6 is 0 Å². The maximum Gasteiger partial charge on any atom is 0.237 e. The molecule has 1 aliphatic carbocycles. The van der Waals surface area contributed by atoms with Crippen molar-refractivity contribution in [1.29, 1.82) is 0 Å². The highest BCUT2D eigenvalue weighted by Crippen LogP contribution is 2.22. The summed E-state index contributed by atoms with van der Waals surface area (Å²) in [6, 6.07) is 0.300. The van der Waals surface area contributed by atoms with Gasteiger partial charge < -0.3 is 15.4 Å². The summed E-state index contributed by atoms with van der Waals surface area (Å²) in [6.07, 6.45) is 8.67. The molecule has 4 nitrogen and oxygen atoms in total. The van der Waals surface area contributed by atoms with E-state index in [1.165, 1.54) is 19.3 Å². The molecule has 0 aromatic rings.